The second-order valence-electron chi connectivity index (χ2n) is 17.7. The molecule has 0 aromatic carbocycles. The van der Waals surface area contributed by atoms with Gasteiger partial charge in [0.2, 0.25) is 0 Å². The van der Waals surface area contributed by atoms with E-state index >= 15 is 0 Å². The number of ether oxygens (including phenoxy) is 4. The minimum atomic E-state index is -1.48. The van der Waals surface area contributed by atoms with Crippen molar-refractivity contribution in [2.75, 3.05) is 13.7 Å². The van der Waals surface area contributed by atoms with Crippen molar-refractivity contribution >= 4 is 17.9 Å². The number of carbonyl (C=O) groups excluding carboxylic acids is 3. The third-order valence-electron chi connectivity index (χ3n) is 13.7. The first-order valence-electron chi connectivity index (χ1n) is 19.4. The fraction of sp³-hybridized carbons (Fsp3) is 0.744. The number of rotatable bonds is 12. The molecule has 3 N–H and O–H groups in total. The molecule has 1 saturated heterocycles. The summed E-state index contributed by atoms with van der Waals surface area (Å²) >= 11 is 0. The lowest BCUT2D eigenvalue weighted by molar-refractivity contribution is -0.241. The van der Waals surface area contributed by atoms with Crippen LogP contribution >= 0.6 is 0 Å². The van der Waals surface area contributed by atoms with E-state index in [-0.39, 0.29) is 30.8 Å². The molecular formula is C43H66O10. The summed E-state index contributed by atoms with van der Waals surface area (Å²) in [5, 5.41) is 34.1. The van der Waals surface area contributed by atoms with Crippen LogP contribution in [0.25, 0.3) is 0 Å². The van der Waals surface area contributed by atoms with E-state index in [4.69, 9.17) is 18.9 Å². The van der Waals surface area contributed by atoms with Crippen LogP contribution in [0.2, 0.25) is 0 Å². The summed E-state index contributed by atoms with van der Waals surface area (Å²) in [6.45, 7) is 21.3. The SMILES string of the molecule is CC=C(C)[C@@H](O)C(=O)O[C@@H]1C[C@H](C(C)(C)O)[C@](C)(CCC(=O)OC)[C@H]2[C@H](OC(=O)[C@H](O)/C(C)=C/C)C[C@]3(C)C(=CC[C@H]3[C@H]3CO[C@H](C=C(C)C)C3)[C@@]21C. The predicted molar refractivity (Wildman–Crippen MR) is 202 cm³/mol. The molecule has 2 saturated carbocycles. The number of aliphatic hydroxyl groups is 3. The Bertz CT molecular complexity index is 1510. The second-order valence-corrected chi connectivity index (χ2v) is 17.7. The first-order valence-corrected chi connectivity index (χ1v) is 19.4. The molecule has 3 aliphatic carbocycles. The van der Waals surface area contributed by atoms with E-state index in [0.29, 0.717) is 30.6 Å². The van der Waals surface area contributed by atoms with Crippen LogP contribution in [0.3, 0.4) is 0 Å². The minimum absolute atomic E-state index is 0.00559. The van der Waals surface area contributed by atoms with Crippen molar-refractivity contribution in [2.24, 2.45) is 39.9 Å². The van der Waals surface area contributed by atoms with Crippen LogP contribution in [0.15, 0.2) is 46.6 Å². The Morgan fingerprint density at radius 2 is 1.57 bits per heavy atom. The van der Waals surface area contributed by atoms with Crippen molar-refractivity contribution in [2.45, 2.75) is 151 Å². The molecule has 4 rings (SSSR count). The summed E-state index contributed by atoms with van der Waals surface area (Å²) in [7, 11) is 1.34. The van der Waals surface area contributed by atoms with E-state index in [9.17, 15) is 29.7 Å². The first kappa shape index (κ1) is 42.9. The molecule has 10 heteroatoms. The molecule has 1 aliphatic heterocycles. The molecule has 3 fully saturated rings. The molecule has 0 radical (unpaired) electrons. The fourth-order valence-corrected chi connectivity index (χ4v) is 11.0. The molecule has 0 aromatic rings. The summed E-state index contributed by atoms with van der Waals surface area (Å²) in [4.78, 5) is 40.6. The zero-order valence-electron chi connectivity index (χ0n) is 34.2. The van der Waals surface area contributed by atoms with Gasteiger partial charge in [-0.15, -0.1) is 0 Å². The zero-order chi connectivity index (χ0) is 39.8. The highest BCUT2D eigenvalue weighted by atomic mass is 16.6. The fourth-order valence-electron chi connectivity index (χ4n) is 11.0. The highest BCUT2D eigenvalue weighted by molar-refractivity contribution is 5.79. The number of esters is 3. The average molecular weight is 743 g/mol. The molecule has 0 amide bonds. The number of allylic oxidation sites excluding steroid dienone is 4. The van der Waals surface area contributed by atoms with Gasteiger partial charge in [0.25, 0.3) is 0 Å². The van der Waals surface area contributed by atoms with Gasteiger partial charge < -0.3 is 34.3 Å². The molecule has 12 atom stereocenters. The van der Waals surface area contributed by atoms with Gasteiger partial charge >= 0.3 is 17.9 Å². The van der Waals surface area contributed by atoms with Gasteiger partial charge in [-0.05, 0) is 127 Å². The summed E-state index contributed by atoms with van der Waals surface area (Å²) in [5.74, 6) is -2.77. The van der Waals surface area contributed by atoms with Crippen molar-refractivity contribution in [1.29, 1.82) is 0 Å². The Balaban J connectivity index is 1.96. The first-order chi connectivity index (χ1) is 24.6. The largest absolute Gasteiger partial charge is 0.469 e. The summed E-state index contributed by atoms with van der Waals surface area (Å²) in [6, 6.07) is 0. The van der Waals surface area contributed by atoms with E-state index < -0.39 is 76.0 Å². The molecular weight excluding hydrogens is 676 g/mol. The number of fused-ring (bicyclic) bond motifs is 3. The van der Waals surface area contributed by atoms with Gasteiger partial charge in [-0.3, -0.25) is 4.79 Å². The Hall–Kier alpha value is -2.79. The Kier molecular flexibility index (Phi) is 13.1. The van der Waals surface area contributed by atoms with Crippen LogP contribution in [-0.2, 0) is 33.3 Å². The average Bonchev–Trinajstić information content (AvgIpc) is 3.69. The van der Waals surface area contributed by atoms with E-state index in [0.717, 1.165) is 18.4 Å². The molecule has 53 heavy (non-hydrogen) atoms. The standard InChI is InChI=1S/C43H66O10/c1-13-25(5)35(45)38(47)52-30-22-42(10)29(27-20-28(51-23-27)19-24(3)4)15-16-31(42)43(11)33(53-39(48)36(46)26(6)14-2)21-32(40(7,8)49)41(9,37(30)43)18-17-34(44)50-12/h13-14,16,19,27-30,32-33,35-37,45-46,49H,15,17-18,20-23H2,1-12H3/b25-13+,26-14?/t27-,28-,29+,30-,32-,33-,35-,36-,37-,41+,42+,43-/m1/s1. The Labute approximate surface area is 317 Å². The van der Waals surface area contributed by atoms with E-state index in [1.807, 2.05) is 6.92 Å². The van der Waals surface area contributed by atoms with Crippen LogP contribution in [0.4, 0.5) is 0 Å². The molecule has 1 heterocycles. The summed E-state index contributed by atoms with van der Waals surface area (Å²) < 4.78 is 24.3. The van der Waals surface area contributed by atoms with Crippen LogP contribution in [0, 0.1) is 39.9 Å². The normalized spacial score (nSPS) is 37.1. The van der Waals surface area contributed by atoms with Gasteiger partial charge in [-0.2, -0.15) is 0 Å². The second kappa shape index (κ2) is 16.1. The van der Waals surface area contributed by atoms with E-state index in [1.165, 1.54) is 12.7 Å². The molecule has 0 bridgehead atoms. The monoisotopic (exact) mass is 742 g/mol. The van der Waals surface area contributed by atoms with Crippen molar-refractivity contribution in [3.63, 3.8) is 0 Å². The maximum absolute atomic E-state index is 13.9. The lowest BCUT2D eigenvalue weighted by Crippen LogP contribution is -2.68. The highest BCUT2D eigenvalue weighted by Crippen LogP contribution is 2.72. The van der Waals surface area contributed by atoms with Crippen LogP contribution < -0.4 is 0 Å². The van der Waals surface area contributed by atoms with Gasteiger partial charge in [0.15, 0.2) is 12.2 Å². The van der Waals surface area contributed by atoms with Crippen molar-refractivity contribution < 1.29 is 48.7 Å². The zero-order valence-corrected chi connectivity index (χ0v) is 34.2. The number of hydrogen-bond donors (Lipinski definition) is 3. The lowest BCUT2D eigenvalue weighted by Gasteiger charge is -2.67. The highest BCUT2D eigenvalue weighted by Gasteiger charge is 2.71. The molecule has 0 aromatic heterocycles. The van der Waals surface area contributed by atoms with E-state index in [2.05, 4.69) is 39.8 Å². The van der Waals surface area contributed by atoms with Crippen molar-refractivity contribution in [3.05, 3.63) is 46.6 Å². The topological polar surface area (TPSA) is 149 Å². The van der Waals surface area contributed by atoms with Crippen molar-refractivity contribution in [1.82, 2.24) is 0 Å². The number of methoxy groups -OCH3 is 1. The minimum Gasteiger partial charge on any atom is -0.469 e. The molecule has 4 aliphatic rings. The van der Waals surface area contributed by atoms with E-state index in [1.54, 1.807) is 53.7 Å². The smallest absolute Gasteiger partial charge is 0.339 e. The van der Waals surface area contributed by atoms with Gasteiger partial charge in [-0.25, -0.2) is 9.59 Å². The number of carbonyl (C=O) groups is 3. The van der Waals surface area contributed by atoms with Gasteiger partial charge in [0.05, 0.1) is 25.4 Å². The summed E-state index contributed by atoms with van der Waals surface area (Å²) in [6.07, 6.45) is 5.80. The quantitative estimate of drug-likeness (QED) is 0.114. The molecule has 0 spiro atoms. The van der Waals surface area contributed by atoms with Crippen LogP contribution in [-0.4, -0.2) is 83.1 Å². The molecule has 0 unspecified atom stereocenters. The summed E-state index contributed by atoms with van der Waals surface area (Å²) in [5.41, 5.74) is -0.490. The van der Waals surface area contributed by atoms with Crippen LogP contribution in [0.1, 0.15) is 115 Å². The van der Waals surface area contributed by atoms with Gasteiger partial charge in [0, 0.05) is 17.8 Å². The Morgan fingerprint density at radius 1 is 0.981 bits per heavy atom. The van der Waals surface area contributed by atoms with Crippen LogP contribution in [0.5, 0.6) is 0 Å². The third-order valence-corrected chi connectivity index (χ3v) is 13.7. The van der Waals surface area contributed by atoms with Crippen molar-refractivity contribution in [3.8, 4) is 0 Å². The van der Waals surface area contributed by atoms with Gasteiger partial charge in [-0.1, -0.05) is 56.2 Å². The molecule has 10 nitrogen and oxygen atoms in total. The number of hydrogen-bond acceptors (Lipinski definition) is 10. The maximum atomic E-state index is 13.9. The maximum Gasteiger partial charge on any atom is 0.339 e. The van der Waals surface area contributed by atoms with Gasteiger partial charge in [0.1, 0.15) is 12.2 Å². The lowest BCUT2D eigenvalue weighted by atomic mass is 9.39. The Morgan fingerprint density at radius 3 is 2.09 bits per heavy atom. The predicted octanol–water partition coefficient (Wildman–Crippen LogP) is 6.56. The third kappa shape index (κ3) is 8.12. The number of aliphatic hydroxyl groups excluding tert-OH is 2. The molecule has 298 valence electrons.